The number of hydrogen-bond acceptors (Lipinski definition) is 3. The first-order chi connectivity index (χ1) is 9.22. The van der Waals surface area contributed by atoms with E-state index in [4.69, 9.17) is 4.98 Å². The highest BCUT2D eigenvalue weighted by Crippen LogP contribution is 2.31. The Morgan fingerprint density at radius 1 is 1.32 bits per heavy atom. The molecule has 0 aliphatic heterocycles. The van der Waals surface area contributed by atoms with Gasteiger partial charge in [-0.3, -0.25) is 0 Å². The molecule has 0 bridgehead atoms. The molecule has 1 N–H and O–H groups in total. The number of anilines is 1. The summed E-state index contributed by atoms with van der Waals surface area (Å²) in [5.41, 5.74) is 2.48. The third-order valence-corrected chi connectivity index (χ3v) is 3.64. The zero-order valence-corrected chi connectivity index (χ0v) is 12.6. The van der Waals surface area contributed by atoms with Crippen LogP contribution < -0.4 is 10.2 Å². The molecule has 1 saturated carbocycles. The monoisotopic (exact) mass is 261 g/mol. The summed E-state index contributed by atoms with van der Waals surface area (Å²) in [6.45, 7) is 10.8. The van der Waals surface area contributed by atoms with E-state index in [1.807, 2.05) is 0 Å². The molecule has 19 heavy (non-hydrogen) atoms. The van der Waals surface area contributed by atoms with Gasteiger partial charge >= 0.3 is 0 Å². The highest BCUT2D eigenvalue weighted by atomic mass is 15.2. The number of aryl methyl sites for hydroxylation is 1. The predicted molar refractivity (Wildman–Crippen MR) is 81.6 cm³/mol. The van der Waals surface area contributed by atoms with Crippen molar-refractivity contribution in [1.82, 2.24) is 10.3 Å². The third kappa shape index (κ3) is 4.50. The van der Waals surface area contributed by atoms with Gasteiger partial charge in [0.1, 0.15) is 5.82 Å². The number of rotatable bonds is 8. The van der Waals surface area contributed by atoms with Crippen LogP contribution in [0.2, 0.25) is 0 Å². The average Bonchev–Trinajstić information content (AvgIpc) is 3.19. The highest BCUT2D eigenvalue weighted by Gasteiger charge is 2.24. The smallest absolute Gasteiger partial charge is 0.129 e. The van der Waals surface area contributed by atoms with Crippen molar-refractivity contribution in [3.8, 4) is 0 Å². The minimum atomic E-state index is 0.906. The Kier molecular flexibility index (Phi) is 5.20. The third-order valence-electron chi connectivity index (χ3n) is 3.64. The Bertz CT molecular complexity index is 399. The Balaban J connectivity index is 2.04. The molecule has 0 atom stereocenters. The van der Waals surface area contributed by atoms with Crippen LogP contribution in [0.5, 0.6) is 0 Å². The fourth-order valence-corrected chi connectivity index (χ4v) is 2.39. The van der Waals surface area contributed by atoms with Gasteiger partial charge in [-0.15, -0.1) is 0 Å². The lowest BCUT2D eigenvalue weighted by atomic mass is 10.2. The number of hydrogen-bond donors (Lipinski definition) is 1. The second-order valence-corrected chi connectivity index (χ2v) is 5.63. The van der Waals surface area contributed by atoms with Crippen molar-refractivity contribution in [3.63, 3.8) is 0 Å². The summed E-state index contributed by atoms with van der Waals surface area (Å²) in [6.07, 6.45) is 3.97. The molecule has 2 rings (SSSR count). The number of pyridine rings is 1. The largest absolute Gasteiger partial charge is 0.357 e. The van der Waals surface area contributed by atoms with Crippen molar-refractivity contribution in [2.75, 3.05) is 24.5 Å². The molecule has 1 aliphatic rings. The van der Waals surface area contributed by atoms with E-state index in [1.54, 1.807) is 0 Å². The summed E-state index contributed by atoms with van der Waals surface area (Å²) < 4.78 is 0. The van der Waals surface area contributed by atoms with E-state index in [1.165, 1.54) is 31.4 Å². The van der Waals surface area contributed by atoms with Crippen LogP contribution in [0.1, 0.15) is 44.4 Å². The molecule has 1 aliphatic carbocycles. The van der Waals surface area contributed by atoms with E-state index >= 15 is 0 Å². The van der Waals surface area contributed by atoms with E-state index in [-0.39, 0.29) is 0 Å². The molecule has 0 radical (unpaired) electrons. The zero-order valence-electron chi connectivity index (χ0n) is 12.6. The van der Waals surface area contributed by atoms with Crippen molar-refractivity contribution in [3.05, 3.63) is 23.4 Å². The molecule has 1 fully saturated rings. The molecule has 0 aromatic carbocycles. The average molecular weight is 261 g/mol. The lowest BCUT2D eigenvalue weighted by Gasteiger charge is -2.23. The topological polar surface area (TPSA) is 28.2 Å². The molecule has 1 heterocycles. The van der Waals surface area contributed by atoms with Crippen LogP contribution >= 0.6 is 0 Å². The van der Waals surface area contributed by atoms with Gasteiger partial charge in [-0.1, -0.05) is 6.92 Å². The van der Waals surface area contributed by atoms with Crippen molar-refractivity contribution in [2.45, 2.75) is 46.6 Å². The number of aromatic nitrogens is 1. The molecular weight excluding hydrogens is 234 g/mol. The number of nitrogens with zero attached hydrogens (tertiary/aromatic N) is 2. The van der Waals surface area contributed by atoms with Crippen LogP contribution in [-0.4, -0.2) is 24.6 Å². The minimum absolute atomic E-state index is 0.906. The molecule has 0 spiro atoms. The van der Waals surface area contributed by atoms with Crippen molar-refractivity contribution in [1.29, 1.82) is 0 Å². The lowest BCUT2D eigenvalue weighted by Crippen LogP contribution is -2.26. The lowest BCUT2D eigenvalue weighted by molar-refractivity contribution is 0.672. The Morgan fingerprint density at radius 3 is 2.74 bits per heavy atom. The maximum atomic E-state index is 4.71. The van der Waals surface area contributed by atoms with Crippen LogP contribution in [-0.2, 0) is 6.54 Å². The fourth-order valence-electron chi connectivity index (χ4n) is 2.39. The van der Waals surface area contributed by atoms with Crippen molar-refractivity contribution < 1.29 is 0 Å². The molecule has 3 nitrogen and oxygen atoms in total. The molecule has 0 saturated heterocycles. The maximum Gasteiger partial charge on any atom is 0.129 e. The summed E-state index contributed by atoms with van der Waals surface area (Å²) in [4.78, 5) is 7.14. The van der Waals surface area contributed by atoms with E-state index in [2.05, 4.69) is 43.1 Å². The highest BCUT2D eigenvalue weighted by molar-refractivity contribution is 5.42. The molecule has 1 aromatic rings. The second kappa shape index (κ2) is 6.90. The Hall–Kier alpha value is -1.09. The molecule has 3 heteroatoms. The molecule has 106 valence electrons. The molecule has 0 amide bonds. The van der Waals surface area contributed by atoms with Gasteiger partial charge < -0.3 is 10.2 Å². The van der Waals surface area contributed by atoms with E-state index in [9.17, 15) is 0 Å². The van der Waals surface area contributed by atoms with Gasteiger partial charge in [-0.2, -0.15) is 0 Å². The van der Waals surface area contributed by atoms with Crippen LogP contribution in [0.25, 0.3) is 0 Å². The van der Waals surface area contributed by atoms with E-state index in [0.717, 1.165) is 37.1 Å². The van der Waals surface area contributed by atoms with Gasteiger partial charge in [0.2, 0.25) is 0 Å². The quantitative estimate of drug-likeness (QED) is 0.729. The maximum absolute atomic E-state index is 4.71. The van der Waals surface area contributed by atoms with Gasteiger partial charge in [0.15, 0.2) is 0 Å². The van der Waals surface area contributed by atoms with Crippen LogP contribution in [0, 0.1) is 12.8 Å². The van der Waals surface area contributed by atoms with Gasteiger partial charge in [-0.25, -0.2) is 4.98 Å². The summed E-state index contributed by atoms with van der Waals surface area (Å²) in [5.74, 6) is 2.06. The standard InChI is InChI=1S/C16H27N3/c1-4-8-17-11-15-9-13(3)18-16(10-15)19(5-2)12-14-6-7-14/h9-10,14,17H,4-8,11-12H2,1-3H3. The first-order valence-corrected chi connectivity index (χ1v) is 7.66. The minimum Gasteiger partial charge on any atom is -0.357 e. The van der Waals surface area contributed by atoms with Gasteiger partial charge in [-0.05, 0) is 63.3 Å². The predicted octanol–water partition coefficient (Wildman–Crippen LogP) is 3.13. The van der Waals surface area contributed by atoms with Gasteiger partial charge in [0.05, 0.1) is 0 Å². The molecule has 1 aromatic heterocycles. The Labute approximate surface area is 117 Å². The summed E-state index contributed by atoms with van der Waals surface area (Å²) in [6, 6.07) is 4.44. The van der Waals surface area contributed by atoms with E-state index in [0.29, 0.717) is 0 Å². The van der Waals surface area contributed by atoms with Crippen molar-refractivity contribution in [2.24, 2.45) is 5.92 Å². The second-order valence-electron chi connectivity index (χ2n) is 5.63. The first kappa shape index (κ1) is 14.3. The van der Waals surface area contributed by atoms with Gasteiger partial charge in [0.25, 0.3) is 0 Å². The first-order valence-electron chi connectivity index (χ1n) is 7.66. The van der Waals surface area contributed by atoms with E-state index < -0.39 is 0 Å². The summed E-state index contributed by atoms with van der Waals surface area (Å²) >= 11 is 0. The van der Waals surface area contributed by atoms with Crippen molar-refractivity contribution >= 4 is 5.82 Å². The molecule has 0 unspecified atom stereocenters. The Morgan fingerprint density at radius 2 is 2.11 bits per heavy atom. The summed E-state index contributed by atoms with van der Waals surface area (Å²) in [7, 11) is 0. The summed E-state index contributed by atoms with van der Waals surface area (Å²) in [5, 5.41) is 3.47. The van der Waals surface area contributed by atoms with Crippen LogP contribution in [0.4, 0.5) is 5.82 Å². The molecular formula is C16H27N3. The van der Waals surface area contributed by atoms with Crippen LogP contribution in [0.3, 0.4) is 0 Å². The fraction of sp³-hybridized carbons (Fsp3) is 0.688. The van der Waals surface area contributed by atoms with Gasteiger partial charge in [0, 0.05) is 25.3 Å². The zero-order chi connectivity index (χ0) is 13.7. The SMILES string of the molecule is CCCNCc1cc(C)nc(N(CC)CC2CC2)c1. The normalized spacial score (nSPS) is 14.7. The van der Waals surface area contributed by atoms with Crippen LogP contribution in [0.15, 0.2) is 12.1 Å². The number of nitrogens with one attached hydrogen (secondary N) is 1.